The van der Waals surface area contributed by atoms with E-state index in [4.69, 9.17) is 0 Å². The number of ether oxygens (including phenoxy) is 1. The third-order valence-electron chi connectivity index (χ3n) is 2.72. The van der Waals surface area contributed by atoms with Gasteiger partial charge in [0.1, 0.15) is 17.3 Å². The highest BCUT2D eigenvalue weighted by molar-refractivity contribution is 5.90. The molecule has 1 heterocycles. The van der Waals surface area contributed by atoms with Gasteiger partial charge in [-0.2, -0.15) is 0 Å². The number of methoxy groups -OCH3 is 1. The van der Waals surface area contributed by atoms with Gasteiger partial charge >= 0.3 is 5.97 Å². The van der Waals surface area contributed by atoms with E-state index in [0.717, 1.165) is 6.07 Å². The fourth-order valence-electron chi connectivity index (χ4n) is 1.64. The normalized spacial score (nSPS) is 10.2. The maximum atomic E-state index is 13.9. The quantitative estimate of drug-likeness (QED) is 0.876. The summed E-state index contributed by atoms with van der Waals surface area (Å²) in [6, 6.07) is 5.30. The van der Waals surface area contributed by atoms with Gasteiger partial charge in [-0.05, 0) is 30.7 Å². The molecule has 6 heteroatoms. The topological polar surface area (TPSA) is 51.2 Å². The van der Waals surface area contributed by atoms with Crippen LogP contribution in [-0.4, -0.2) is 18.1 Å². The Morgan fingerprint density at radius 3 is 2.75 bits per heavy atom. The number of hydrogen-bond acceptors (Lipinski definition) is 4. The number of benzene rings is 1. The highest BCUT2D eigenvalue weighted by Gasteiger charge is 2.13. The summed E-state index contributed by atoms with van der Waals surface area (Å²) in [5.41, 5.74) is 0.232. The summed E-state index contributed by atoms with van der Waals surface area (Å²) in [6.07, 6.45) is 1.35. The lowest BCUT2D eigenvalue weighted by Gasteiger charge is -2.10. The zero-order chi connectivity index (χ0) is 14.7. The first-order valence-electron chi connectivity index (χ1n) is 5.79. The Hall–Kier alpha value is -2.50. The van der Waals surface area contributed by atoms with Gasteiger partial charge in [0.2, 0.25) is 0 Å². The zero-order valence-electron chi connectivity index (χ0n) is 10.9. The highest BCUT2D eigenvalue weighted by Crippen LogP contribution is 2.25. The molecule has 0 aliphatic rings. The second-order valence-electron chi connectivity index (χ2n) is 4.10. The van der Waals surface area contributed by atoms with Crippen LogP contribution < -0.4 is 5.32 Å². The van der Waals surface area contributed by atoms with Crippen LogP contribution in [0.2, 0.25) is 0 Å². The Kier molecular flexibility index (Phi) is 3.93. The fourth-order valence-corrected chi connectivity index (χ4v) is 1.64. The van der Waals surface area contributed by atoms with Gasteiger partial charge in [-0.15, -0.1) is 0 Å². The van der Waals surface area contributed by atoms with Gasteiger partial charge in [0.15, 0.2) is 5.82 Å². The van der Waals surface area contributed by atoms with E-state index >= 15 is 0 Å². The van der Waals surface area contributed by atoms with Crippen LogP contribution in [0, 0.1) is 18.6 Å². The maximum absolute atomic E-state index is 13.9. The summed E-state index contributed by atoms with van der Waals surface area (Å²) in [7, 11) is 1.25. The molecule has 1 N–H and O–H groups in total. The molecular formula is C14H12F2N2O2. The van der Waals surface area contributed by atoms with Gasteiger partial charge in [-0.1, -0.05) is 6.07 Å². The summed E-state index contributed by atoms with van der Waals surface area (Å²) in [6.45, 7) is 1.53. The van der Waals surface area contributed by atoms with Crippen LogP contribution in [0.1, 0.15) is 15.9 Å². The fraction of sp³-hybridized carbons (Fsp3) is 0.143. The van der Waals surface area contributed by atoms with Gasteiger partial charge in [-0.3, -0.25) is 0 Å². The smallest absolute Gasteiger partial charge is 0.338 e. The minimum Gasteiger partial charge on any atom is -0.465 e. The summed E-state index contributed by atoms with van der Waals surface area (Å²) >= 11 is 0. The van der Waals surface area contributed by atoms with Crippen LogP contribution >= 0.6 is 0 Å². The molecule has 0 radical (unpaired) electrons. The minimum atomic E-state index is -0.738. The predicted molar refractivity (Wildman–Crippen MR) is 70.0 cm³/mol. The van der Waals surface area contributed by atoms with E-state index in [9.17, 15) is 13.6 Å². The Bertz CT molecular complexity index is 660. The predicted octanol–water partition coefficient (Wildman–Crippen LogP) is 3.20. The molecule has 2 rings (SSSR count). The standard InChI is InChI=1S/C14H12F2N2O2/c1-8-3-4-10(15)13(12(8)16)18-11-7-9(5-6-17-11)14(19)20-2/h3-7H,1-2H3,(H,17,18). The van der Waals surface area contributed by atoms with Crippen LogP contribution in [0.25, 0.3) is 0 Å². The largest absolute Gasteiger partial charge is 0.465 e. The molecule has 0 atom stereocenters. The number of hydrogen-bond donors (Lipinski definition) is 1. The van der Waals surface area contributed by atoms with Crippen LogP contribution in [-0.2, 0) is 4.74 Å². The van der Waals surface area contributed by atoms with Crippen molar-refractivity contribution in [2.75, 3.05) is 12.4 Å². The lowest BCUT2D eigenvalue weighted by atomic mass is 10.2. The molecule has 2 aromatic rings. The van der Waals surface area contributed by atoms with Gasteiger partial charge in [0, 0.05) is 6.20 Å². The molecule has 0 aliphatic heterocycles. The number of carbonyl (C=O) groups excluding carboxylic acids is 1. The molecule has 0 bridgehead atoms. The third kappa shape index (κ3) is 2.74. The molecule has 20 heavy (non-hydrogen) atoms. The Morgan fingerprint density at radius 2 is 2.05 bits per heavy atom. The molecule has 0 spiro atoms. The summed E-state index contributed by atoms with van der Waals surface area (Å²) < 4.78 is 32.0. The molecule has 104 valence electrons. The van der Waals surface area contributed by atoms with E-state index in [-0.39, 0.29) is 17.1 Å². The molecule has 0 amide bonds. The number of nitrogens with one attached hydrogen (secondary N) is 1. The molecule has 0 unspecified atom stereocenters. The highest BCUT2D eigenvalue weighted by atomic mass is 19.1. The molecule has 1 aromatic carbocycles. The Morgan fingerprint density at radius 1 is 1.30 bits per heavy atom. The van der Waals surface area contributed by atoms with Crippen molar-refractivity contribution in [2.45, 2.75) is 6.92 Å². The Labute approximate surface area is 114 Å². The maximum Gasteiger partial charge on any atom is 0.338 e. The molecule has 0 saturated heterocycles. The van der Waals surface area contributed by atoms with Crippen molar-refractivity contribution < 1.29 is 18.3 Å². The van der Waals surface area contributed by atoms with Crippen molar-refractivity contribution in [2.24, 2.45) is 0 Å². The first-order valence-corrected chi connectivity index (χ1v) is 5.79. The summed E-state index contributed by atoms with van der Waals surface area (Å²) in [5, 5.41) is 2.53. The summed E-state index contributed by atoms with van der Waals surface area (Å²) in [4.78, 5) is 15.3. The van der Waals surface area contributed by atoms with Crippen molar-refractivity contribution in [3.05, 3.63) is 53.2 Å². The number of rotatable bonds is 3. The number of aromatic nitrogens is 1. The van der Waals surface area contributed by atoms with E-state index in [1.54, 1.807) is 0 Å². The van der Waals surface area contributed by atoms with Crippen molar-refractivity contribution in [3.63, 3.8) is 0 Å². The molecular weight excluding hydrogens is 266 g/mol. The average molecular weight is 278 g/mol. The minimum absolute atomic E-state index is 0.149. The van der Waals surface area contributed by atoms with Crippen molar-refractivity contribution in [1.82, 2.24) is 4.98 Å². The molecule has 0 fully saturated rings. The number of halogens is 2. The molecule has 0 saturated carbocycles. The van der Waals surface area contributed by atoms with Crippen molar-refractivity contribution in [1.29, 1.82) is 0 Å². The van der Waals surface area contributed by atoms with E-state index in [2.05, 4.69) is 15.0 Å². The lowest BCUT2D eigenvalue weighted by Crippen LogP contribution is -2.05. The number of carbonyl (C=O) groups is 1. The third-order valence-corrected chi connectivity index (χ3v) is 2.72. The first-order chi connectivity index (χ1) is 9.52. The van der Waals surface area contributed by atoms with Crippen LogP contribution in [0.15, 0.2) is 30.5 Å². The number of pyridine rings is 1. The van der Waals surface area contributed by atoms with Crippen LogP contribution in [0.5, 0.6) is 0 Å². The average Bonchev–Trinajstić information content (AvgIpc) is 2.47. The van der Waals surface area contributed by atoms with Gasteiger partial charge in [-0.25, -0.2) is 18.6 Å². The Balaban J connectivity index is 2.36. The summed E-state index contributed by atoms with van der Waals surface area (Å²) in [5.74, 6) is -1.84. The molecule has 1 aromatic heterocycles. The number of nitrogens with zero attached hydrogens (tertiary/aromatic N) is 1. The van der Waals surface area contributed by atoms with Crippen molar-refractivity contribution in [3.8, 4) is 0 Å². The van der Waals surface area contributed by atoms with E-state index < -0.39 is 17.6 Å². The van der Waals surface area contributed by atoms with Gasteiger partial charge in [0.25, 0.3) is 0 Å². The van der Waals surface area contributed by atoms with E-state index in [1.807, 2.05) is 0 Å². The van der Waals surface area contributed by atoms with E-state index in [0.29, 0.717) is 5.56 Å². The SMILES string of the molecule is COC(=O)c1ccnc(Nc2c(F)ccc(C)c2F)c1. The molecule has 0 aliphatic carbocycles. The van der Waals surface area contributed by atoms with E-state index in [1.165, 1.54) is 38.4 Å². The van der Waals surface area contributed by atoms with Crippen molar-refractivity contribution >= 4 is 17.5 Å². The number of aryl methyl sites for hydroxylation is 1. The zero-order valence-corrected chi connectivity index (χ0v) is 10.9. The lowest BCUT2D eigenvalue weighted by molar-refractivity contribution is 0.0600. The number of anilines is 2. The van der Waals surface area contributed by atoms with Gasteiger partial charge in [0.05, 0.1) is 12.7 Å². The van der Waals surface area contributed by atoms with Crippen LogP contribution in [0.4, 0.5) is 20.3 Å². The van der Waals surface area contributed by atoms with Gasteiger partial charge < -0.3 is 10.1 Å². The van der Waals surface area contributed by atoms with Crippen LogP contribution in [0.3, 0.4) is 0 Å². The first kappa shape index (κ1) is 13.9. The molecule has 4 nitrogen and oxygen atoms in total. The monoisotopic (exact) mass is 278 g/mol. The second kappa shape index (κ2) is 5.64. The second-order valence-corrected chi connectivity index (χ2v) is 4.10. The number of esters is 1.